The quantitative estimate of drug-likeness (QED) is 0.197. The highest BCUT2D eigenvalue weighted by Crippen LogP contribution is 2.48. The maximum Gasteiger partial charge on any atom is 0.338 e. The third-order valence-electron chi connectivity index (χ3n) is 5.00. The second-order valence-corrected chi connectivity index (χ2v) is 7.40. The van der Waals surface area contributed by atoms with Crippen molar-refractivity contribution in [2.45, 2.75) is 26.0 Å². The van der Waals surface area contributed by atoms with E-state index in [0.717, 1.165) is 11.1 Å². The van der Waals surface area contributed by atoms with Gasteiger partial charge in [-0.1, -0.05) is 97.8 Å². The van der Waals surface area contributed by atoms with Gasteiger partial charge in [0.15, 0.2) is 0 Å². The summed E-state index contributed by atoms with van der Waals surface area (Å²) in [7, 11) is 0. The molecule has 3 aromatic carbocycles. The van der Waals surface area contributed by atoms with Crippen LogP contribution in [0.2, 0.25) is 0 Å². The topological polar surface area (TPSA) is 75.1 Å². The summed E-state index contributed by atoms with van der Waals surface area (Å²) >= 11 is 0. The Hall–Kier alpha value is -3.56. The SMILES string of the molecule is CC(C)([C@H](OC(=O)c1ccccc1)c1ccccc1)[C@@H](N=[N+]=[N-])c1ccccc1. The van der Waals surface area contributed by atoms with E-state index in [1.54, 1.807) is 24.3 Å². The monoisotopic (exact) mass is 385 g/mol. The molecule has 0 spiro atoms. The van der Waals surface area contributed by atoms with E-state index in [9.17, 15) is 10.3 Å². The van der Waals surface area contributed by atoms with Gasteiger partial charge in [0.05, 0.1) is 11.6 Å². The van der Waals surface area contributed by atoms with Crippen LogP contribution in [0.25, 0.3) is 10.4 Å². The Kier molecular flexibility index (Phi) is 6.32. The molecule has 0 heterocycles. The molecule has 5 nitrogen and oxygen atoms in total. The molecule has 0 N–H and O–H groups in total. The lowest BCUT2D eigenvalue weighted by Gasteiger charge is -2.38. The number of ether oxygens (including phenoxy) is 1. The average Bonchev–Trinajstić information content (AvgIpc) is 2.77. The number of azide groups is 1. The predicted molar refractivity (Wildman–Crippen MR) is 113 cm³/mol. The van der Waals surface area contributed by atoms with Gasteiger partial charge in [-0.2, -0.15) is 0 Å². The van der Waals surface area contributed by atoms with E-state index in [1.807, 2.05) is 80.6 Å². The third kappa shape index (κ3) is 4.65. The standard InChI is InChI=1S/C24H23N3O2/c1-24(2,21(26-27-25)18-12-6-3-7-13-18)22(19-14-8-4-9-15-19)29-23(28)20-16-10-5-11-17-20/h3-17,21-22H,1-2H3/t21-,22+/m0/s1. The van der Waals surface area contributed by atoms with Crippen LogP contribution in [0.5, 0.6) is 0 Å². The van der Waals surface area contributed by atoms with Crippen molar-refractivity contribution in [3.05, 3.63) is 118 Å². The fourth-order valence-electron chi connectivity index (χ4n) is 3.50. The lowest BCUT2D eigenvalue weighted by atomic mass is 9.74. The fourth-order valence-corrected chi connectivity index (χ4v) is 3.50. The Labute approximate surface area is 170 Å². The summed E-state index contributed by atoms with van der Waals surface area (Å²) in [6, 6.07) is 27.5. The van der Waals surface area contributed by atoms with E-state index in [0.29, 0.717) is 5.56 Å². The summed E-state index contributed by atoms with van der Waals surface area (Å²) in [5.41, 5.74) is 10.7. The molecule has 5 heteroatoms. The van der Waals surface area contributed by atoms with E-state index in [1.165, 1.54) is 0 Å². The molecule has 0 unspecified atom stereocenters. The summed E-state index contributed by atoms with van der Waals surface area (Å²) in [6.45, 7) is 3.91. The Morgan fingerprint density at radius 1 is 0.862 bits per heavy atom. The van der Waals surface area contributed by atoms with Gasteiger partial charge in [-0.25, -0.2) is 4.79 Å². The van der Waals surface area contributed by atoms with Crippen molar-refractivity contribution >= 4 is 5.97 Å². The van der Waals surface area contributed by atoms with E-state index in [4.69, 9.17) is 4.74 Å². The first kappa shape index (κ1) is 20.2. The van der Waals surface area contributed by atoms with Crippen molar-refractivity contribution in [1.29, 1.82) is 0 Å². The minimum absolute atomic E-state index is 0.416. The highest BCUT2D eigenvalue weighted by Gasteiger charge is 2.41. The van der Waals surface area contributed by atoms with Crippen molar-refractivity contribution in [2.75, 3.05) is 0 Å². The highest BCUT2D eigenvalue weighted by atomic mass is 16.5. The molecular formula is C24H23N3O2. The maximum atomic E-state index is 12.9. The van der Waals surface area contributed by atoms with E-state index in [2.05, 4.69) is 10.0 Å². The molecule has 146 valence electrons. The first-order valence-electron chi connectivity index (χ1n) is 9.44. The normalized spacial score (nSPS) is 13.0. The van der Waals surface area contributed by atoms with Gasteiger partial charge in [0.25, 0.3) is 0 Å². The first-order valence-corrected chi connectivity index (χ1v) is 9.44. The van der Waals surface area contributed by atoms with Crippen LogP contribution in [0, 0.1) is 5.41 Å². The second kappa shape index (κ2) is 9.09. The molecule has 3 rings (SSSR count). The number of nitrogens with zero attached hydrogens (tertiary/aromatic N) is 3. The van der Waals surface area contributed by atoms with Crippen molar-refractivity contribution in [3.63, 3.8) is 0 Å². The van der Waals surface area contributed by atoms with Gasteiger partial charge < -0.3 is 4.74 Å². The molecule has 0 radical (unpaired) electrons. The molecule has 0 saturated carbocycles. The number of carbonyl (C=O) groups is 1. The zero-order chi connectivity index (χ0) is 20.7. The van der Waals surface area contributed by atoms with Crippen molar-refractivity contribution in [3.8, 4) is 0 Å². The largest absolute Gasteiger partial charge is 0.453 e. The van der Waals surface area contributed by atoms with Gasteiger partial charge in [0.1, 0.15) is 6.10 Å². The fraction of sp³-hybridized carbons (Fsp3) is 0.208. The summed E-state index contributed by atoms with van der Waals surface area (Å²) in [6.07, 6.45) is -0.618. The van der Waals surface area contributed by atoms with Gasteiger partial charge >= 0.3 is 5.97 Å². The molecule has 0 bridgehead atoms. The molecule has 0 amide bonds. The van der Waals surface area contributed by atoms with Crippen LogP contribution in [-0.2, 0) is 4.74 Å². The minimum atomic E-state index is -0.709. The zero-order valence-electron chi connectivity index (χ0n) is 16.5. The van der Waals surface area contributed by atoms with E-state index in [-0.39, 0.29) is 0 Å². The van der Waals surface area contributed by atoms with Gasteiger partial charge in [-0.3, -0.25) is 0 Å². The summed E-state index contributed by atoms with van der Waals surface area (Å²) in [5.74, 6) is -0.416. The summed E-state index contributed by atoms with van der Waals surface area (Å²) in [4.78, 5) is 15.9. The van der Waals surface area contributed by atoms with Gasteiger partial charge in [0, 0.05) is 10.3 Å². The van der Waals surface area contributed by atoms with Crippen LogP contribution < -0.4 is 0 Å². The molecule has 29 heavy (non-hydrogen) atoms. The molecule has 0 aliphatic heterocycles. The second-order valence-electron chi connectivity index (χ2n) is 7.40. The Bertz CT molecular complexity index is 982. The minimum Gasteiger partial charge on any atom is -0.453 e. The molecule has 0 aromatic heterocycles. The molecule has 3 aromatic rings. The molecule has 0 fully saturated rings. The molecule has 0 saturated heterocycles. The number of benzene rings is 3. The Morgan fingerprint density at radius 3 is 1.86 bits per heavy atom. The van der Waals surface area contributed by atoms with Gasteiger partial charge in [-0.15, -0.1) is 0 Å². The van der Waals surface area contributed by atoms with E-state index >= 15 is 0 Å². The van der Waals surface area contributed by atoms with Crippen LogP contribution in [-0.4, -0.2) is 5.97 Å². The number of esters is 1. The van der Waals surface area contributed by atoms with Crippen LogP contribution in [0.1, 0.15) is 47.5 Å². The van der Waals surface area contributed by atoms with Crippen LogP contribution in [0.4, 0.5) is 0 Å². The predicted octanol–water partition coefficient (Wildman–Crippen LogP) is 6.66. The lowest BCUT2D eigenvalue weighted by molar-refractivity contribution is -0.0181. The Morgan fingerprint density at radius 2 is 1.34 bits per heavy atom. The molecule has 0 aliphatic carbocycles. The average molecular weight is 385 g/mol. The van der Waals surface area contributed by atoms with Crippen molar-refractivity contribution in [1.82, 2.24) is 0 Å². The molecular weight excluding hydrogens is 362 g/mol. The molecule has 2 atom stereocenters. The van der Waals surface area contributed by atoms with Crippen LogP contribution in [0.3, 0.4) is 0 Å². The smallest absolute Gasteiger partial charge is 0.338 e. The van der Waals surface area contributed by atoms with Crippen LogP contribution in [0.15, 0.2) is 96.1 Å². The molecule has 0 aliphatic rings. The highest BCUT2D eigenvalue weighted by molar-refractivity contribution is 5.89. The number of carbonyl (C=O) groups excluding carboxylic acids is 1. The number of hydrogen-bond acceptors (Lipinski definition) is 3. The lowest BCUT2D eigenvalue weighted by Crippen LogP contribution is -2.32. The summed E-state index contributed by atoms with van der Waals surface area (Å²) < 4.78 is 6.01. The van der Waals surface area contributed by atoms with Crippen LogP contribution >= 0.6 is 0 Å². The van der Waals surface area contributed by atoms with Crippen molar-refractivity contribution < 1.29 is 9.53 Å². The van der Waals surface area contributed by atoms with Gasteiger partial charge in [-0.05, 0) is 28.8 Å². The maximum absolute atomic E-state index is 12.9. The van der Waals surface area contributed by atoms with Gasteiger partial charge in [0.2, 0.25) is 0 Å². The summed E-state index contributed by atoms with van der Waals surface area (Å²) in [5, 5.41) is 4.08. The van der Waals surface area contributed by atoms with Crippen molar-refractivity contribution in [2.24, 2.45) is 10.5 Å². The zero-order valence-corrected chi connectivity index (χ0v) is 16.5. The third-order valence-corrected chi connectivity index (χ3v) is 5.00. The Balaban J connectivity index is 2.04. The number of hydrogen-bond donors (Lipinski definition) is 0. The first-order chi connectivity index (χ1) is 14.0. The number of rotatable bonds is 7. The van der Waals surface area contributed by atoms with E-state index < -0.39 is 23.5 Å².